The Hall–Kier alpha value is -3.06. The van der Waals surface area contributed by atoms with Gasteiger partial charge in [-0.05, 0) is 36.3 Å². The summed E-state index contributed by atoms with van der Waals surface area (Å²) >= 11 is 5.39. The number of rotatable bonds is 5. The van der Waals surface area contributed by atoms with Crippen LogP contribution in [0.1, 0.15) is 24.4 Å². The van der Waals surface area contributed by atoms with Crippen LogP contribution in [0.5, 0.6) is 0 Å². The lowest BCUT2D eigenvalue weighted by Gasteiger charge is -2.13. The third-order valence-electron chi connectivity index (χ3n) is 4.66. The van der Waals surface area contributed by atoms with Crippen LogP contribution in [-0.2, 0) is 16.1 Å². The number of nitrogens with zero attached hydrogens (tertiary/aromatic N) is 2. The van der Waals surface area contributed by atoms with Gasteiger partial charge in [0.05, 0.1) is 5.52 Å². The molecular formula is C20H18N4O2S. The first-order chi connectivity index (χ1) is 13.1. The molecule has 1 aliphatic rings. The first kappa shape index (κ1) is 17.4. The molecule has 27 heavy (non-hydrogen) atoms. The van der Waals surface area contributed by atoms with Gasteiger partial charge >= 0.3 is 0 Å². The van der Waals surface area contributed by atoms with Crippen molar-refractivity contribution in [3.8, 4) is 0 Å². The van der Waals surface area contributed by atoms with Crippen LogP contribution in [0.2, 0.25) is 0 Å². The maximum Gasteiger partial charge on any atom is 0.248 e. The lowest BCUT2D eigenvalue weighted by molar-refractivity contribution is -0.122. The van der Waals surface area contributed by atoms with E-state index in [2.05, 4.69) is 15.6 Å². The van der Waals surface area contributed by atoms with Crippen molar-refractivity contribution in [2.75, 3.05) is 5.32 Å². The molecule has 0 fully saturated rings. The largest absolute Gasteiger partial charge is 0.352 e. The number of hydrogen-bond donors (Lipinski definition) is 2. The summed E-state index contributed by atoms with van der Waals surface area (Å²) in [5.41, 5.74) is 1.78. The molecule has 0 spiro atoms. The second-order valence-corrected chi connectivity index (χ2v) is 6.80. The van der Waals surface area contributed by atoms with Gasteiger partial charge < -0.3 is 10.6 Å². The highest BCUT2D eigenvalue weighted by Crippen LogP contribution is 2.33. The summed E-state index contributed by atoms with van der Waals surface area (Å²) in [6.45, 7) is 0.471. The summed E-state index contributed by atoms with van der Waals surface area (Å²) in [6.07, 6.45) is 0.604. The van der Waals surface area contributed by atoms with Gasteiger partial charge in [0.1, 0.15) is 11.9 Å². The van der Waals surface area contributed by atoms with Gasteiger partial charge in [0.25, 0.3) is 0 Å². The summed E-state index contributed by atoms with van der Waals surface area (Å²) < 4.78 is 2.07. The SMILES string of the molecule is O=C(CCC1C(=O)Nc2c3ccccc3nc(=S)n21)NCc1ccccc1. The standard InChI is InChI=1S/C20H18N4O2S/c25-17(21-12-13-6-2-1-3-7-13)11-10-16-19(26)23-18-14-8-4-5-9-15(14)22-20(27)24(16)18/h1-9,16H,10-12H2,(H,21,25)(H,23,26). The van der Waals surface area contributed by atoms with Crippen LogP contribution < -0.4 is 10.6 Å². The minimum absolute atomic E-state index is 0.0969. The average molecular weight is 378 g/mol. The first-order valence-corrected chi connectivity index (χ1v) is 9.17. The molecule has 0 radical (unpaired) electrons. The number of nitrogens with one attached hydrogen (secondary N) is 2. The van der Waals surface area contributed by atoms with Crippen molar-refractivity contribution >= 4 is 40.8 Å². The van der Waals surface area contributed by atoms with Gasteiger partial charge in [0.15, 0.2) is 0 Å². The van der Waals surface area contributed by atoms with Gasteiger partial charge in [-0.25, -0.2) is 4.98 Å². The van der Waals surface area contributed by atoms with Crippen molar-refractivity contribution in [2.45, 2.75) is 25.4 Å². The Morgan fingerprint density at radius 3 is 2.70 bits per heavy atom. The van der Waals surface area contributed by atoms with Crippen molar-refractivity contribution in [3.05, 3.63) is 64.9 Å². The fraction of sp³-hybridized carbons (Fsp3) is 0.200. The molecule has 0 saturated heterocycles. The summed E-state index contributed by atoms with van der Waals surface area (Å²) in [7, 11) is 0. The molecule has 0 aliphatic carbocycles. The van der Waals surface area contributed by atoms with Crippen molar-refractivity contribution < 1.29 is 9.59 Å². The number of hydrogen-bond acceptors (Lipinski definition) is 4. The van der Waals surface area contributed by atoms with Gasteiger partial charge in [0, 0.05) is 18.4 Å². The van der Waals surface area contributed by atoms with E-state index >= 15 is 0 Å². The molecule has 2 amide bonds. The fourth-order valence-electron chi connectivity index (χ4n) is 3.30. The van der Waals surface area contributed by atoms with E-state index in [0.717, 1.165) is 16.5 Å². The van der Waals surface area contributed by atoms with Crippen molar-refractivity contribution in [2.24, 2.45) is 0 Å². The summed E-state index contributed by atoms with van der Waals surface area (Å²) in [6, 6.07) is 16.7. The number of anilines is 1. The van der Waals surface area contributed by atoms with Gasteiger partial charge in [-0.3, -0.25) is 14.2 Å². The molecule has 4 rings (SSSR count). The molecule has 2 aromatic carbocycles. The number of carbonyl (C=O) groups excluding carboxylic acids is 2. The predicted molar refractivity (Wildman–Crippen MR) is 106 cm³/mol. The normalized spacial score (nSPS) is 15.4. The average Bonchev–Trinajstić information content (AvgIpc) is 3.02. The third kappa shape index (κ3) is 3.46. The van der Waals surface area contributed by atoms with Crippen LogP contribution in [0.3, 0.4) is 0 Å². The number of fused-ring (bicyclic) bond motifs is 3. The van der Waals surface area contributed by atoms with Crippen LogP contribution in [0.4, 0.5) is 5.82 Å². The molecule has 1 aromatic heterocycles. The number of amides is 2. The second-order valence-electron chi connectivity index (χ2n) is 6.44. The van der Waals surface area contributed by atoms with Crippen LogP contribution >= 0.6 is 12.2 Å². The maximum atomic E-state index is 12.5. The van der Waals surface area contributed by atoms with E-state index in [1.165, 1.54) is 0 Å². The highest BCUT2D eigenvalue weighted by atomic mass is 32.1. The lowest BCUT2D eigenvalue weighted by atomic mass is 10.1. The summed E-state index contributed by atoms with van der Waals surface area (Å²) in [5.74, 6) is 0.403. The summed E-state index contributed by atoms with van der Waals surface area (Å²) in [4.78, 5) is 29.1. The molecule has 2 N–H and O–H groups in total. The number of carbonyl (C=O) groups is 2. The zero-order valence-electron chi connectivity index (χ0n) is 14.5. The van der Waals surface area contributed by atoms with Crippen molar-refractivity contribution in [3.63, 3.8) is 0 Å². The smallest absolute Gasteiger partial charge is 0.248 e. The predicted octanol–water partition coefficient (Wildman–Crippen LogP) is 3.36. The van der Waals surface area contributed by atoms with Gasteiger partial charge in [-0.15, -0.1) is 0 Å². The zero-order valence-corrected chi connectivity index (χ0v) is 15.3. The van der Waals surface area contributed by atoms with Crippen LogP contribution in [-0.4, -0.2) is 21.4 Å². The highest BCUT2D eigenvalue weighted by Gasteiger charge is 2.32. The summed E-state index contributed by atoms with van der Waals surface area (Å²) in [5, 5.41) is 6.63. The zero-order chi connectivity index (χ0) is 18.8. The Kier molecular flexibility index (Phi) is 4.68. The lowest BCUT2D eigenvalue weighted by Crippen LogP contribution is -2.25. The molecule has 0 bridgehead atoms. The van der Waals surface area contributed by atoms with Crippen molar-refractivity contribution in [1.29, 1.82) is 0 Å². The van der Waals surface area contributed by atoms with E-state index in [-0.39, 0.29) is 18.2 Å². The van der Waals surface area contributed by atoms with Gasteiger partial charge in [-0.2, -0.15) is 0 Å². The van der Waals surface area contributed by atoms with E-state index in [1.807, 2.05) is 54.6 Å². The van der Waals surface area contributed by atoms with Crippen molar-refractivity contribution in [1.82, 2.24) is 14.9 Å². The Morgan fingerprint density at radius 2 is 1.89 bits per heavy atom. The molecule has 7 heteroatoms. The van der Waals surface area contributed by atoms with E-state index in [9.17, 15) is 9.59 Å². The number of aromatic nitrogens is 2. The monoisotopic (exact) mass is 378 g/mol. The Morgan fingerprint density at radius 1 is 1.15 bits per heavy atom. The molecule has 1 atom stereocenters. The molecule has 1 unspecified atom stereocenters. The number of benzene rings is 2. The molecule has 136 valence electrons. The Balaban J connectivity index is 1.48. The van der Waals surface area contributed by atoms with E-state index in [0.29, 0.717) is 23.6 Å². The molecular weight excluding hydrogens is 360 g/mol. The highest BCUT2D eigenvalue weighted by molar-refractivity contribution is 7.71. The Bertz CT molecular complexity index is 1080. The maximum absolute atomic E-state index is 12.5. The van der Waals surface area contributed by atoms with Gasteiger partial charge in [-0.1, -0.05) is 42.5 Å². The topological polar surface area (TPSA) is 76.0 Å². The molecule has 6 nitrogen and oxygen atoms in total. The fourth-order valence-corrected chi connectivity index (χ4v) is 3.62. The van der Waals surface area contributed by atoms with E-state index in [1.54, 1.807) is 4.57 Å². The number of para-hydroxylation sites is 1. The molecule has 1 aliphatic heterocycles. The Labute approximate surface area is 161 Å². The van der Waals surface area contributed by atoms with E-state index < -0.39 is 6.04 Å². The van der Waals surface area contributed by atoms with Gasteiger partial charge in [0.2, 0.25) is 16.6 Å². The van der Waals surface area contributed by atoms with Crippen LogP contribution in [0.25, 0.3) is 10.9 Å². The minimum Gasteiger partial charge on any atom is -0.352 e. The quantitative estimate of drug-likeness (QED) is 0.668. The molecule has 3 aromatic rings. The minimum atomic E-state index is -0.521. The first-order valence-electron chi connectivity index (χ1n) is 8.76. The van der Waals surface area contributed by atoms with E-state index in [4.69, 9.17) is 12.2 Å². The molecule has 2 heterocycles. The molecule has 0 saturated carbocycles. The van der Waals surface area contributed by atoms with Crippen LogP contribution in [0, 0.1) is 4.77 Å². The second kappa shape index (κ2) is 7.28. The third-order valence-corrected chi connectivity index (χ3v) is 4.94. The van der Waals surface area contributed by atoms with Crippen LogP contribution in [0.15, 0.2) is 54.6 Å².